The average Bonchev–Trinajstić information content (AvgIpc) is 2.76. The highest BCUT2D eigenvalue weighted by molar-refractivity contribution is 6.06. The zero-order valence-electron chi connectivity index (χ0n) is 19.0. The predicted molar refractivity (Wildman–Crippen MR) is 126 cm³/mol. The number of para-hydroxylation sites is 1. The van der Waals surface area contributed by atoms with Gasteiger partial charge in [0.2, 0.25) is 0 Å². The molecule has 4 rings (SSSR count). The fourth-order valence-corrected chi connectivity index (χ4v) is 4.12. The number of hydrogen-bond acceptors (Lipinski definition) is 5. The third kappa shape index (κ3) is 4.50. The summed E-state index contributed by atoms with van der Waals surface area (Å²) in [6, 6.07) is 15.5. The number of nitrogens with one attached hydrogen (secondary N) is 1. The molecule has 0 fully saturated rings. The van der Waals surface area contributed by atoms with Crippen molar-refractivity contribution in [3.63, 3.8) is 0 Å². The number of esters is 1. The molecule has 1 amide bonds. The Labute approximate surface area is 188 Å². The van der Waals surface area contributed by atoms with Gasteiger partial charge in [0.05, 0.1) is 11.1 Å². The summed E-state index contributed by atoms with van der Waals surface area (Å²) < 4.78 is 5.67. The van der Waals surface area contributed by atoms with Gasteiger partial charge in [-0.2, -0.15) is 0 Å². The number of carbonyl (C=O) groups is 2. The first-order valence-corrected chi connectivity index (χ1v) is 11.1. The van der Waals surface area contributed by atoms with E-state index in [9.17, 15) is 9.59 Å². The van der Waals surface area contributed by atoms with Crippen LogP contribution in [0.2, 0.25) is 0 Å². The molecule has 2 aromatic carbocycles. The molecular weight excluding hydrogens is 402 g/mol. The van der Waals surface area contributed by atoms with E-state index in [2.05, 4.69) is 24.1 Å². The predicted octanol–water partition coefficient (Wildman–Crippen LogP) is 4.49. The Hall–Kier alpha value is -3.25. The highest BCUT2D eigenvalue weighted by atomic mass is 16.5. The van der Waals surface area contributed by atoms with Crippen LogP contribution in [-0.4, -0.2) is 40.5 Å². The largest absolute Gasteiger partial charge is 0.449 e. The number of aryl methyl sites for hydroxylation is 1. The minimum Gasteiger partial charge on any atom is -0.449 e. The molecule has 1 aliphatic rings. The van der Waals surface area contributed by atoms with Gasteiger partial charge in [0.15, 0.2) is 6.10 Å². The molecule has 0 radical (unpaired) electrons. The number of aromatic nitrogens is 1. The van der Waals surface area contributed by atoms with Crippen molar-refractivity contribution in [2.45, 2.75) is 52.8 Å². The molecular formula is C26H29N3O3. The zero-order valence-corrected chi connectivity index (χ0v) is 19.0. The third-order valence-corrected chi connectivity index (χ3v) is 5.95. The molecule has 6 nitrogen and oxygen atoms in total. The minimum absolute atomic E-state index is 0.359. The van der Waals surface area contributed by atoms with Gasteiger partial charge in [0.25, 0.3) is 5.91 Å². The highest BCUT2D eigenvalue weighted by Gasteiger charge is 2.29. The second-order valence-corrected chi connectivity index (χ2v) is 8.65. The van der Waals surface area contributed by atoms with Crippen LogP contribution in [0.1, 0.15) is 48.0 Å². The summed E-state index contributed by atoms with van der Waals surface area (Å²) >= 11 is 0. The molecule has 0 aliphatic carbocycles. The molecule has 1 atom stereocenters. The maximum Gasteiger partial charge on any atom is 0.339 e. The van der Waals surface area contributed by atoms with Gasteiger partial charge in [-0.15, -0.1) is 0 Å². The fraction of sp³-hybridized carbons (Fsp3) is 0.346. The van der Waals surface area contributed by atoms with E-state index in [1.807, 2.05) is 55.5 Å². The lowest BCUT2D eigenvalue weighted by Crippen LogP contribution is -2.37. The van der Waals surface area contributed by atoms with Crippen molar-refractivity contribution in [1.82, 2.24) is 9.88 Å². The van der Waals surface area contributed by atoms with E-state index in [0.29, 0.717) is 23.8 Å². The topological polar surface area (TPSA) is 71.5 Å². The van der Waals surface area contributed by atoms with Gasteiger partial charge < -0.3 is 10.1 Å². The van der Waals surface area contributed by atoms with Crippen LogP contribution >= 0.6 is 0 Å². The fourth-order valence-electron chi connectivity index (χ4n) is 4.12. The van der Waals surface area contributed by atoms with Crippen LogP contribution in [0, 0.1) is 6.92 Å². The van der Waals surface area contributed by atoms with Crippen LogP contribution < -0.4 is 5.32 Å². The number of anilines is 1. The molecule has 6 heteroatoms. The van der Waals surface area contributed by atoms with Crippen molar-refractivity contribution in [3.05, 3.63) is 70.9 Å². The zero-order chi connectivity index (χ0) is 22.8. The number of fused-ring (bicyclic) bond motifs is 2. The molecule has 0 saturated carbocycles. The van der Waals surface area contributed by atoms with Crippen molar-refractivity contribution >= 4 is 28.5 Å². The lowest BCUT2D eigenvalue weighted by atomic mass is 9.95. The van der Waals surface area contributed by atoms with Crippen LogP contribution in [0.4, 0.5) is 5.69 Å². The summed E-state index contributed by atoms with van der Waals surface area (Å²) in [5, 5.41) is 3.58. The van der Waals surface area contributed by atoms with Crippen molar-refractivity contribution < 1.29 is 14.3 Å². The van der Waals surface area contributed by atoms with Crippen LogP contribution in [0.5, 0.6) is 0 Å². The number of nitrogens with zero attached hydrogens (tertiary/aromatic N) is 2. The quantitative estimate of drug-likeness (QED) is 0.603. The molecule has 3 aromatic rings. The second kappa shape index (κ2) is 9.09. The van der Waals surface area contributed by atoms with Gasteiger partial charge in [0, 0.05) is 47.9 Å². The van der Waals surface area contributed by atoms with Crippen molar-refractivity contribution in [2.24, 2.45) is 0 Å². The van der Waals surface area contributed by atoms with Gasteiger partial charge in [-0.1, -0.05) is 30.3 Å². The van der Waals surface area contributed by atoms with Gasteiger partial charge in [-0.3, -0.25) is 14.7 Å². The lowest BCUT2D eigenvalue weighted by Gasteiger charge is -2.32. The number of amides is 1. The number of benzene rings is 2. The van der Waals surface area contributed by atoms with Gasteiger partial charge >= 0.3 is 5.97 Å². The maximum atomic E-state index is 13.4. The maximum absolute atomic E-state index is 13.4. The molecule has 0 bridgehead atoms. The molecule has 0 saturated heterocycles. The van der Waals surface area contributed by atoms with Crippen molar-refractivity contribution in [1.29, 1.82) is 0 Å². The summed E-state index contributed by atoms with van der Waals surface area (Å²) in [5.41, 5.74) is 4.85. The van der Waals surface area contributed by atoms with E-state index in [4.69, 9.17) is 9.72 Å². The normalized spacial score (nSPS) is 14.8. The highest BCUT2D eigenvalue weighted by Crippen LogP contribution is 2.29. The Morgan fingerprint density at radius 1 is 1.09 bits per heavy atom. The number of pyridine rings is 1. The summed E-state index contributed by atoms with van der Waals surface area (Å²) in [7, 11) is 0. The number of carbonyl (C=O) groups excluding carboxylic acids is 2. The Kier molecular flexibility index (Phi) is 6.24. The van der Waals surface area contributed by atoms with E-state index < -0.39 is 12.1 Å². The molecule has 1 aromatic heterocycles. The molecule has 0 spiro atoms. The Balaban J connectivity index is 1.62. The van der Waals surface area contributed by atoms with Crippen LogP contribution in [0.25, 0.3) is 10.9 Å². The van der Waals surface area contributed by atoms with Crippen LogP contribution in [0.3, 0.4) is 0 Å². The van der Waals surface area contributed by atoms with E-state index in [0.717, 1.165) is 40.7 Å². The first kappa shape index (κ1) is 22.0. The lowest BCUT2D eigenvalue weighted by molar-refractivity contribution is -0.123. The smallest absolute Gasteiger partial charge is 0.339 e. The molecule has 1 aliphatic heterocycles. The molecule has 1 N–H and O–H groups in total. The molecule has 166 valence electrons. The first-order chi connectivity index (χ1) is 15.3. The number of rotatable bonds is 5. The van der Waals surface area contributed by atoms with E-state index >= 15 is 0 Å². The van der Waals surface area contributed by atoms with E-state index in [1.165, 1.54) is 0 Å². The van der Waals surface area contributed by atoms with Crippen LogP contribution in [0.15, 0.2) is 48.5 Å². The van der Waals surface area contributed by atoms with Gasteiger partial charge in [-0.25, -0.2) is 4.79 Å². The van der Waals surface area contributed by atoms with Crippen LogP contribution in [-0.2, 0) is 22.5 Å². The molecule has 1 unspecified atom stereocenters. The molecule has 32 heavy (non-hydrogen) atoms. The summed E-state index contributed by atoms with van der Waals surface area (Å²) in [4.78, 5) is 33.2. The average molecular weight is 432 g/mol. The monoisotopic (exact) mass is 431 g/mol. The minimum atomic E-state index is -0.935. The van der Waals surface area contributed by atoms with Gasteiger partial charge in [0.1, 0.15) is 0 Å². The summed E-state index contributed by atoms with van der Waals surface area (Å²) in [6.07, 6.45) is -0.155. The second-order valence-electron chi connectivity index (χ2n) is 8.65. The first-order valence-electron chi connectivity index (χ1n) is 11.1. The Morgan fingerprint density at radius 2 is 1.88 bits per heavy atom. The number of hydrogen-bond donors (Lipinski definition) is 1. The molecule has 2 heterocycles. The number of ether oxygens (including phenoxy) is 1. The standard InChI is InChI=1S/C26H29N3O3/c1-16(2)29-13-12-23-21(15-29)24(20-10-5-6-11-22(20)28-23)26(31)32-18(4)25(30)27-19-9-7-8-17(3)14-19/h5-11,14,16,18H,12-13,15H2,1-4H3,(H,27,30). The SMILES string of the molecule is Cc1cccc(NC(=O)C(C)OC(=O)c2c3c(nc4ccccc24)CCN(C(C)C)C3)c1. The Morgan fingerprint density at radius 3 is 2.62 bits per heavy atom. The van der Waals surface area contributed by atoms with E-state index in [1.54, 1.807) is 6.92 Å². The summed E-state index contributed by atoms with van der Waals surface area (Å²) in [5.74, 6) is -0.850. The van der Waals surface area contributed by atoms with Crippen molar-refractivity contribution in [3.8, 4) is 0 Å². The van der Waals surface area contributed by atoms with Gasteiger partial charge in [-0.05, 0) is 51.5 Å². The Bertz CT molecular complexity index is 1170. The third-order valence-electron chi connectivity index (χ3n) is 5.95. The van der Waals surface area contributed by atoms with E-state index in [-0.39, 0.29) is 5.91 Å². The summed E-state index contributed by atoms with van der Waals surface area (Å²) in [6.45, 7) is 9.39. The van der Waals surface area contributed by atoms with Crippen molar-refractivity contribution in [2.75, 3.05) is 11.9 Å².